The van der Waals surface area contributed by atoms with Crippen LogP contribution in [0.15, 0.2) is 53.0 Å². The van der Waals surface area contributed by atoms with E-state index < -0.39 is 0 Å². The third-order valence-electron chi connectivity index (χ3n) is 3.41. The molecule has 2 aromatic carbocycles. The minimum absolute atomic E-state index is 0.362. The number of hydrogen-bond acceptors (Lipinski definition) is 2. The maximum absolute atomic E-state index is 9.81. The standard InChI is InChI=1S/C17H20BrNO/c1-3-17(20)14-7-9-16(10-8-14)19(2)12-13-5-4-6-15(18)11-13/h4-11,17,20H,3,12H2,1-2H3. The zero-order valence-corrected chi connectivity index (χ0v) is 13.5. The summed E-state index contributed by atoms with van der Waals surface area (Å²) in [5.41, 5.74) is 3.39. The third-order valence-corrected chi connectivity index (χ3v) is 3.91. The Balaban J connectivity index is 2.07. The molecule has 3 heteroatoms. The second kappa shape index (κ2) is 6.91. The van der Waals surface area contributed by atoms with Crippen LogP contribution in [0, 0.1) is 0 Å². The average molecular weight is 334 g/mol. The van der Waals surface area contributed by atoms with Gasteiger partial charge in [-0.05, 0) is 41.8 Å². The van der Waals surface area contributed by atoms with E-state index in [9.17, 15) is 5.11 Å². The molecule has 0 spiro atoms. The van der Waals surface area contributed by atoms with E-state index in [4.69, 9.17) is 0 Å². The molecule has 1 N–H and O–H groups in total. The summed E-state index contributed by atoms with van der Waals surface area (Å²) in [4.78, 5) is 2.20. The molecule has 0 fully saturated rings. The summed E-state index contributed by atoms with van der Waals surface area (Å²) in [6.45, 7) is 2.84. The van der Waals surface area contributed by atoms with Gasteiger partial charge in [-0.1, -0.05) is 47.1 Å². The monoisotopic (exact) mass is 333 g/mol. The number of aliphatic hydroxyl groups is 1. The normalized spacial score (nSPS) is 12.2. The predicted octanol–water partition coefficient (Wildman–Crippen LogP) is 4.53. The Morgan fingerprint density at radius 1 is 1.15 bits per heavy atom. The molecule has 1 atom stereocenters. The van der Waals surface area contributed by atoms with Crippen LogP contribution >= 0.6 is 15.9 Å². The molecule has 106 valence electrons. The zero-order valence-electron chi connectivity index (χ0n) is 11.9. The fourth-order valence-electron chi connectivity index (χ4n) is 2.19. The SMILES string of the molecule is CCC(O)c1ccc(N(C)Cc2cccc(Br)c2)cc1. The molecular weight excluding hydrogens is 314 g/mol. The molecule has 0 amide bonds. The van der Waals surface area contributed by atoms with Crippen LogP contribution in [-0.4, -0.2) is 12.2 Å². The molecule has 0 aromatic heterocycles. The van der Waals surface area contributed by atoms with E-state index in [1.807, 2.05) is 31.2 Å². The lowest BCUT2D eigenvalue weighted by molar-refractivity contribution is 0.173. The van der Waals surface area contributed by atoms with Crippen molar-refractivity contribution in [1.29, 1.82) is 0 Å². The summed E-state index contributed by atoms with van der Waals surface area (Å²) in [6.07, 6.45) is 0.382. The topological polar surface area (TPSA) is 23.5 Å². The highest BCUT2D eigenvalue weighted by atomic mass is 79.9. The molecule has 0 saturated heterocycles. The van der Waals surface area contributed by atoms with Crippen molar-refractivity contribution in [1.82, 2.24) is 0 Å². The number of nitrogens with zero attached hydrogens (tertiary/aromatic N) is 1. The highest BCUT2D eigenvalue weighted by molar-refractivity contribution is 9.10. The van der Waals surface area contributed by atoms with Gasteiger partial charge in [0.1, 0.15) is 0 Å². The van der Waals surface area contributed by atoms with Gasteiger partial charge in [0, 0.05) is 23.8 Å². The quantitative estimate of drug-likeness (QED) is 0.868. The smallest absolute Gasteiger partial charge is 0.0787 e. The first-order valence-corrected chi connectivity index (χ1v) is 7.63. The van der Waals surface area contributed by atoms with Gasteiger partial charge in [-0.3, -0.25) is 0 Å². The van der Waals surface area contributed by atoms with E-state index in [-0.39, 0.29) is 6.10 Å². The highest BCUT2D eigenvalue weighted by Gasteiger charge is 2.06. The number of aliphatic hydroxyl groups excluding tert-OH is 1. The Bertz CT molecular complexity index is 553. The van der Waals surface area contributed by atoms with Gasteiger partial charge in [-0.15, -0.1) is 0 Å². The fraction of sp³-hybridized carbons (Fsp3) is 0.294. The third kappa shape index (κ3) is 3.84. The Labute approximate surface area is 129 Å². The van der Waals surface area contributed by atoms with Crippen LogP contribution in [0.5, 0.6) is 0 Å². The molecule has 0 aliphatic carbocycles. The van der Waals surface area contributed by atoms with Crippen molar-refractivity contribution in [2.24, 2.45) is 0 Å². The van der Waals surface area contributed by atoms with Crippen molar-refractivity contribution in [2.45, 2.75) is 26.0 Å². The molecule has 0 heterocycles. The first kappa shape index (κ1) is 15.1. The molecule has 0 bridgehead atoms. The van der Waals surface area contributed by atoms with E-state index in [2.05, 4.69) is 52.1 Å². The van der Waals surface area contributed by atoms with Crippen molar-refractivity contribution >= 4 is 21.6 Å². The predicted molar refractivity (Wildman–Crippen MR) is 87.9 cm³/mol. The average Bonchev–Trinajstić information content (AvgIpc) is 2.46. The van der Waals surface area contributed by atoms with Gasteiger partial charge in [0.15, 0.2) is 0 Å². The second-order valence-corrected chi connectivity index (χ2v) is 5.92. The molecule has 0 radical (unpaired) electrons. The van der Waals surface area contributed by atoms with Gasteiger partial charge in [-0.2, -0.15) is 0 Å². The van der Waals surface area contributed by atoms with Crippen molar-refractivity contribution in [3.63, 3.8) is 0 Å². The molecule has 0 saturated carbocycles. The number of halogens is 1. The van der Waals surface area contributed by atoms with Crippen molar-refractivity contribution in [3.05, 3.63) is 64.1 Å². The van der Waals surface area contributed by atoms with E-state index in [0.717, 1.165) is 28.7 Å². The van der Waals surface area contributed by atoms with Gasteiger partial charge in [-0.25, -0.2) is 0 Å². The molecule has 20 heavy (non-hydrogen) atoms. The number of rotatable bonds is 5. The van der Waals surface area contributed by atoms with Crippen LogP contribution in [0.25, 0.3) is 0 Å². The molecule has 2 nitrogen and oxygen atoms in total. The fourth-order valence-corrected chi connectivity index (χ4v) is 2.63. The first-order valence-electron chi connectivity index (χ1n) is 6.83. The summed E-state index contributed by atoms with van der Waals surface area (Å²) in [7, 11) is 2.08. The zero-order chi connectivity index (χ0) is 14.5. The molecule has 2 aromatic rings. The molecular formula is C17H20BrNO. The summed E-state index contributed by atoms with van der Waals surface area (Å²) < 4.78 is 1.10. The second-order valence-electron chi connectivity index (χ2n) is 5.00. The Morgan fingerprint density at radius 2 is 1.85 bits per heavy atom. The van der Waals surface area contributed by atoms with Crippen LogP contribution in [0.3, 0.4) is 0 Å². The van der Waals surface area contributed by atoms with E-state index in [0.29, 0.717) is 0 Å². The van der Waals surface area contributed by atoms with Gasteiger partial charge in [0.05, 0.1) is 6.10 Å². The summed E-state index contributed by atoms with van der Waals surface area (Å²) >= 11 is 3.50. The van der Waals surface area contributed by atoms with Gasteiger partial charge in [0.2, 0.25) is 0 Å². The van der Waals surface area contributed by atoms with E-state index >= 15 is 0 Å². The van der Waals surface area contributed by atoms with Crippen LogP contribution in [0.1, 0.15) is 30.6 Å². The maximum atomic E-state index is 9.81. The number of hydrogen-bond donors (Lipinski definition) is 1. The van der Waals surface area contributed by atoms with Crippen LogP contribution in [0.4, 0.5) is 5.69 Å². The first-order chi connectivity index (χ1) is 9.60. The van der Waals surface area contributed by atoms with Crippen LogP contribution in [0.2, 0.25) is 0 Å². The van der Waals surface area contributed by atoms with E-state index in [1.165, 1.54) is 5.56 Å². The largest absolute Gasteiger partial charge is 0.388 e. The summed E-state index contributed by atoms with van der Waals surface area (Å²) in [5.74, 6) is 0. The summed E-state index contributed by atoms with van der Waals surface area (Å²) in [5, 5.41) is 9.81. The maximum Gasteiger partial charge on any atom is 0.0787 e. The molecule has 0 aliphatic heterocycles. The minimum Gasteiger partial charge on any atom is -0.388 e. The van der Waals surface area contributed by atoms with Gasteiger partial charge < -0.3 is 10.0 Å². The lowest BCUT2D eigenvalue weighted by atomic mass is 10.1. The Hall–Kier alpha value is -1.32. The van der Waals surface area contributed by atoms with Crippen molar-refractivity contribution in [2.75, 3.05) is 11.9 Å². The molecule has 2 rings (SSSR count). The Kier molecular flexibility index (Phi) is 5.21. The van der Waals surface area contributed by atoms with Crippen LogP contribution < -0.4 is 4.90 Å². The van der Waals surface area contributed by atoms with Gasteiger partial charge in [0.25, 0.3) is 0 Å². The number of benzene rings is 2. The lowest BCUT2D eigenvalue weighted by Gasteiger charge is -2.20. The van der Waals surface area contributed by atoms with Gasteiger partial charge >= 0.3 is 0 Å². The summed E-state index contributed by atoms with van der Waals surface area (Å²) in [6, 6.07) is 16.5. The van der Waals surface area contributed by atoms with Crippen LogP contribution in [-0.2, 0) is 6.54 Å². The highest BCUT2D eigenvalue weighted by Crippen LogP contribution is 2.22. The van der Waals surface area contributed by atoms with Crippen molar-refractivity contribution < 1.29 is 5.11 Å². The van der Waals surface area contributed by atoms with Crippen molar-refractivity contribution in [3.8, 4) is 0 Å². The minimum atomic E-state index is -0.362. The molecule has 0 aliphatic rings. The molecule has 1 unspecified atom stereocenters. The van der Waals surface area contributed by atoms with E-state index in [1.54, 1.807) is 0 Å². The Morgan fingerprint density at radius 3 is 2.45 bits per heavy atom. The number of anilines is 1. The lowest BCUT2D eigenvalue weighted by Crippen LogP contribution is -2.16.